The van der Waals surface area contributed by atoms with Crippen LogP contribution in [0.2, 0.25) is 0 Å². The Bertz CT molecular complexity index is 466. The Hall–Kier alpha value is -1.70. The summed E-state index contributed by atoms with van der Waals surface area (Å²) in [5.74, 6) is -2.72. The minimum Gasteiger partial charge on any atom is -0.358 e. The third-order valence-corrected chi connectivity index (χ3v) is 1.83. The number of nitro groups is 1. The number of hydrogen-bond donors (Lipinski definition) is 0. The van der Waals surface area contributed by atoms with Gasteiger partial charge < -0.3 is 10.1 Å². The van der Waals surface area contributed by atoms with Gasteiger partial charge in [-0.15, -0.1) is 0 Å². The van der Waals surface area contributed by atoms with Gasteiger partial charge in [-0.2, -0.15) is 0 Å². The summed E-state index contributed by atoms with van der Waals surface area (Å²) in [6.07, 6.45) is -3.16. The van der Waals surface area contributed by atoms with E-state index in [1.54, 1.807) is 0 Å². The normalized spacial score (nSPS) is 10.6. The summed E-state index contributed by atoms with van der Waals surface area (Å²) in [7, 11) is 0. The molecular formula is C7H2ClF3N2O3. The molecule has 0 aliphatic heterocycles. The lowest BCUT2D eigenvalue weighted by atomic mass is 10.1. The van der Waals surface area contributed by atoms with Crippen LogP contribution in [0, 0.1) is 15.9 Å². The second-order valence-electron chi connectivity index (χ2n) is 2.55. The molecule has 1 rings (SSSR count). The Morgan fingerprint density at radius 1 is 1.56 bits per heavy atom. The maximum Gasteiger partial charge on any atom is 0.376 e. The van der Waals surface area contributed by atoms with Gasteiger partial charge in [-0.3, -0.25) is 4.79 Å². The average molecular weight is 255 g/mol. The summed E-state index contributed by atoms with van der Waals surface area (Å²) >= 11 is 4.89. The van der Waals surface area contributed by atoms with Crippen molar-refractivity contribution in [3.05, 3.63) is 33.3 Å². The monoisotopic (exact) mass is 254 g/mol. The van der Waals surface area contributed by atoms with Crippen molar-refractivity contribution in [1.82, 2.24) is 4.98 Å². The van der Waals surface area contributed by atoms with Gasteiger partial charge in [0.1, 0.15) is 5.56 Å². The maximum atomic E-state index is 12.9. The van der Waals surface area contributed by atoms with Crippen LogP contribution in [0.15, 0.2) is 6.20 Å². The lowest BCUT2D eigenvalue weighted by Gasteiger charge is -2.05. The van der Waals surface area contributed by atoms with Crippen molar-refractivity contribution in [3.8, 4) is 0 Å². The second kappa shape index (κ2) is 4.44. The highest BCUT2D eigenvalue weighted by Gasteiger charge is 2.32. The number of halogens is 4. The van der Waals surface area contributed by atoms with E-state index in [0.29, 0.717) is 0 Å². The summed E-state index contributed by atoms with van der Waals surface area (Å²) in [6.45, 7) is 0. The van der Waals surface area contributed by atoms with Crippen LogP contribution in [0.4, 0.5) is 19.0 Å². The predicted octanol–water partition coefficient (Wildman–Crippen LogP) is 2.45. The number of carbonyl (C=O) groups is 1. The molecule has 0 atom stereocenters. The number of alkyl halides is 2. The van der Waals surface area contributed by atoms with Crippen LogP contribution in [0.25, 0.3) is 0 Å². The molecule has 0 amide bonds. The van der Waals surface area contributed by atoms with E-state index in [0.717, 1.165) is 0 Å². The topological polar surface area (TPSA) is 73.1 Å². The third-order valence-electron chi connectivity index (χ3n) is 1.64. The molecule has 1 heterocycles. The van der Waals surface area contributed by atoms with Crippen molar-refractivity contribution in [2.45, 2.75) is 6.43 Å². The average Bonchev–Trinajstić information content (AvgIpc) is 2.15. The number of hydrogen-bond acceptors (Lipinski definition) is 4. The van der Waals surface area contributed by atoms with E-state index >= 15 is 0 Å². The molecule has 16 heavy (non-hydrogen) atoms. The third kappa shape index (κ3) is 2.11. The molecule has 0 spiro atoms. The minimum absolute atomic E-state index is 0.239. The van der Waals surface area contributed by atoms with Crippen molar-refractivity contribution < 1.29 is 22.9 Å². The summed E-state index contributed by atoms with van der Waals surface area (Å²) in [5, 5.41) is 8.82. The van der Waals surface area contributed by atoms with Crippen LogP contribution in [0.5, 0.6) is 0 Å². The molecule has 0 saturated heterocycles. The molecule has 86 valence electrons. The number of nitrogens with zero attached hydrogens (tertiary/aromatic N) is 2. The van der Waals surface area contributed by atoms with Gasteiger partial charge in [0.05, 0.1) is 5.56 Å². The van der Waals surface area contributed by atoms with E-state index in [4.69, 9.17) is 11.6 Å². The van der Waals surface area contributed by atoms with Crippen LogP contribution < -0.4 is 0 Å². The Morgan fingerprint density at radius 2 is 2.12 bits per heavy atom. The zero-order valence-electron chi connectivity index (χ0n) is 7.29. The van der Waals surface area contributed by atoms with E-state index in [-0.39, 0.29) is 6.20 Å². The molecule has 1 aromatic rings. The molecule has 0 fully saturated rings. The van der Waals surface area contributed by atoms with Crippen molar-refractivity contribution in [2.24, 2.45) is 0 Å². The van der Waals surface area contributed by atoms with Gasteiger partial charge in [-0.1, -0.05) is 0 Å². The van der Waals surface area contributed by atoms with Crippen molar-refractivity contribution >= 4 is 22.7 Å². The first-order valence-electron chi connectivity index (χ1n) is 3.67. The molecule has 0 saturated carbocycles. The molecule has 9 heteroatoms. The number of pyridine rings is 1. The van der Waals surface area contributed by atoms with Gasteiger partial charge in [0.2, 0.25) is 0 Å². The molecular weight excluding hydrogens is 253 g/mol. The van der Waals surface area contributed by atoms with Gasteiger partial charge >= 0.3 is 5.82 Å². The highest BCUT2D eigenvalue weighted by atomic mass is 35.5. The Balaban J connectivity index is 3.63. The van der Waals surface area contributed by atoms with Crippen LogP contribution >= 0.6 is 11.6 Å². The van der Waals surface area contributed by atoms with Crippen LogP contribution in [-0.2, 0) is 0 Å². The largest absolute Gasteiger partial charge is 0.376 e. The van der Waals surface area contributed by atoms with E-state index in [2.05, 4.69) is 4.98 Å². The maximum absolute atomic E-state index is 12.9. The Labute approximate surface area is 91.0 Å². The van der Waals surface area contributed by atoms with E-state index in [1.165, 1.54) is 0 Å². The number of aromatic nitrogens is 1. The lowest BCUT2D eigenvalue weighted by Crippen LogP contribution is -2.08. The van der Waals surface area contributed by atoms with Crippen LogP contribution in [0.3, 0.4) is 0 Å². The first-order chi connectivity index (χ1) is 7.36. The molecule has 1 aromatic heterocycles. The SMILES string of the molecule is O=C(Cl)c1c([N+](=O)[O-])ncc(F)c1C(F)F. The predicted molar refractivity (Wildman–Crippen MR) is 46.0 cm³/mol. The van der Waals surface area contributed by atoms with Gasteiger partial charge in [-0.05, 0) is 21.5 Å². The fraction of sp³-hybridized carbons (Fsp3) is 0.143. The molecule has 0 aliphatic rings. The smallest absolute Gasteiger partial charge is 0.358 e. The zero-order valence-corrected chi connectivity index (χ0v) is 8.04. The fourth-order valence-electron chi connectivity index (χ4n) is 1.04. The van der Waals surface area contributed by atoms with E-state index in [1.807, 2.05) is 0 Å². The van der Waals surface area contributed by atoms with E-state index in [9.17, 15) is 28.1 Å². The van der Waals surface area contributed by atoms with E-state index < -0.39 is 39.4 Å². The highest BCUT2D eigenvalue weighted by Crippen LogP contribution is 2.31. The summed E-state index contributed by atoms with van der Waals surface area (Å²) in [5.41, 5.74) is -2.64. The highest BCUT2D eigenvalue weighted by molar-refractivity contribution is 6.68. The summed E-state index contributed by atoms with van der Waals surface area (Å²) in [6, 6.07) is 0. The first kappa shape index (κ1) is 12.4. The lowest BCUT2D eigenvalue weighted by molar-refractivity contribution is -0.389. The standard InChI is InChI=1S/C7H2ClF3N2O3/c8-5(14)4-3(6(10)11)2(9)1-12-7(4)13(15)16/h1,6H. The van der Waals surface area contributed by atoms with Gasteiger partial charge in [0, 0.05) is 0 Å². The number of rotatable bonds is 3. The quantitative estimate of drug-likeness (QED) is 0.472. The Kier molecular flexibility index (Phi) is 3.43. The van der Waals surface area contributed by atoms with Crippen molar-refractivity contribution in [2.75, 3.05) is 0 Å². The first-order valence-corrected chi connectivity index (χ1v) is 4.04. The van der Waals surface area contributed by atoms with Crippen LogP contribution in [-0.4, -0.2) is 15.1 Å². The van der Waals surface area contributed by atoms with Crippen molar-refractivity contribution in [3.63, 3.8) is 0 Å². The Morgan fingerprint density at radius 3 is 2.50 bits per heavy atom. The molecule has 0 N–H and O–H groups in total. The molecule has 0 aromatic carbocycles. The number of carbonyl (C=O) groups excluding carboxylic acids is 1. The molecule has 0 radical (unpaired) electrons. The fourth-order valence-corrected chi connectivity index (χ4v) is 1.22. The second-order valence-corrected chi connectivity index (χ2v) is 2.89. The molecule has 5 nitrogen and oxygen atoms in total. The molecule has 0 unspecified atom stereocenters. The molecule has 0 bridgehead atoms. The minimum atomic E-state index is -3.40. The van der Waals surface area contributed by atoms with Gasteiger partial charge in [0.25, 0.3) is 11.7 Å². The van der Waals surface area contributed by atoms with Crippen molar-refractivity contribution in [1.29, 1.82) is 0 Å². The van der Waals surface area contributed by atoms with Gasteiger partial charge in [-0.25, -0.2) is 13.2 Å². The zero-order chi connectivity index (χ0) is 12.5. The van der Waals surface area contributed by atoms with Gasteiger partial charge in [0.15, 0.2) is 12.0 Å². The summed E-state index contributed by atoms with van der Waals surface area (Å²) < 4.78 is 37.7. The molecule has 0 aliphatic carbocycles. The summed E-state index contributed by atoms with van der Waals surface area (Å²) in [4.78, 5) is 22.9. The van der Waals surface area contributed by atoms with Crippen LogP contribution in [0.1, 0.15) is 22.3 Å².